The molecule has 1 rings (SSSR count). The van der Waals surface area contributed by atoms with Crippen molar-refractivity contribution in [1.29, 1.82) is 5.26 Å². The number of rotatable bonds is 1. The van der Waals surface area contributed by atoms with Crippen LogP contribution < -0.4 is 0 Å². The van der Waals surface area contributed by atoms with Crippen LogP contribution in [0.4, 0.5) is 0 Å². The second-order valence-corrected chi connectivity index (χ2v) is 3.93. The van der Waals surface area contributed by atoms with Crippen LogP contribution in [0.5, 0.6) is 0 Å². The van der Waals surface area contributed by atoms with Crippen molar-refractivity contribution in [3.63, 3.8) is 0 Å². The molecule has 0 heterocycles. The van der Waals surface area contributed by atoms with Gasteiger partial charge in [-0.05, 0) is 24.7 Å². The average Bonchev–Trinajstić information content (AvgIpc) is 2.20. The fraction of sp³-hybridized carbons (Fsp3) is 0.917. The SMILES string of the molecule is CC.CC(C)C1CCCCC1C#N. The van der Waals surface area contributed by atoms with Crippen molar-refractivity contribution in [3.05, 3.63) is 0 Å². The molecule has 2 unspecified atom stereocenters. The van der Waals surface area contributed by atoms with E-state index < -0.39 is 0 Å². The minimum Gasteiger partial charge on any atom is -0.198 e. The normalized spacial score (nSPS) is 27.4. The molecule has 13 heavy (non-hydrogen) atoms. The lowest BCUT2D eigenvalue weighted by Crippen LogP contribution is -2.22. The Morgan fingerprint density at radius 3 is 2.08 bits per heavy atom. The summed E-state index contributed by atoms with van der Waals surface area (Å²) >= 11 is 0. The molecule has 1 nitrogen and oxygen atoms in total. The van der Waals surface area contributed by atoms with Gasteiger partial charge in [0.05, 0.1) is 6.07 Å². The van der Waals surface area contributed by atoms with Gasteiger partial charge >= 0.3 is 0 Å². The summed E-state index contributed by atoms with van der Waals surface area (Å²) in [6, 6.07) is 2.44. The molecule has 0 saturated heterocycles. The van der Waals surface area contributed by atoms with Crippen molar-refractivity contribution in [2.45, 2.75) is 53.4 Å². The van der Waals surface area contributed by atoms with Gasteiger partial charge in [-0.25, -0.2) is 0 Å². The van der Waals surface area contributed by atoms with Crippen molar-refractivity contribution in [1.82, 2.24) is 0 Å². The zero-order chi connectivity index (χ0) is 10.3. The highest BCUT2D eigenvalue weighted by Gasteiger charge is 2.26. The predicted molar refractivity (Wildman–Crippen MR) is 57.2 cm³/mol. The lowest BCUT2D eigenvalue weighted by Gasteiger charge is -2.29. The largest absolute Gasteiger partial charge is 0.198 e. The minimum atomic E-state index is 0.351. The molecule has 0 aliphatic heterocycles. The van der Waals surface area contributed by atoms with Gasteiger partial charge in [-0.2, -0.15) is 5.26 Å². The molecule has 0 aromatic heterocycles. The van der Waals surface area contributed by atoms with Gasteiger partial charge in [0.25, 0.3) is 0 Å². The summed E-state index contributed by atoms with van der Waals surface area (Å²) in [6.07, 6.45) is 5.01. The van der Waals surface area contributed by atoms with Crippen LogP contribution in [0.25, 0.3) is 0 Å². The third-order valence-corrected chi connectivity index (χ3v) is 2.84. The maximum Gasteiger partial charge on any atom is 0.0658 e. The highest BCUT2D eigenvalue weighted by molar-refractivity contribution is 4.91. The molecule has 0 aromatic carbocycles. The Bertz CT molecular complexity index is 155. The third-order valence-electron chi connectivity index (χ3n) is 2.84. The molecule has 1 aliphatic rings. The Morgan fingerprint density at radius 1 is 1.15 bits per heavy atom. The maximum absolute atomic E-state index is 8.86. The Hall–Kier alpha value is -0.510. The summed E-state index contributed by atoms with van der Waals surface area (Å²) in [6.45, 7) is 8.47. The second kappa shape index (κ2) is 6.95. The first kappa shape index (κ1) is 12.5. The van der Waals surface area contributed by atoms with Crippen LogP contribution in [0.15, 0.2) is 0 Å². The van der Waals surface area contributed by atoms with Crippen molar-refractivity contribution >= 4 is 0 Å². The van der Waals surface area contributed by atoms with Crippen molar-refractivity contribution < 1.29 is 0 Å². The summed E-state index contributed by atoms with van der Waals surface area (Å²) in [7, 11) is 0. The van der Waals surface area contributed by atoms with Crippen LogP contribution in [0.1, 0.15) is 53.4 Å². The van der Waals surface area contributed by atoms with E-state index in [1.165, 1.54) is 19.3 Å². The first-order chi connectivity index (χ1) is 6.25. The highest BCUT2D eigenvalue weighted by atomic mass is 14.4. The molecular weight excluding hydrogens is 158 g/mol. The average molecular weight is 181 g/mol. The van der Waals surface area contributed by atoms with Crippen LogP contribution in [0.3, 0.4) is 0 Å². The Morgan fingerprint density at radius 2 is 1.69 bits per heavy atom. The van der Waals surface area contributed by atoms with Crippen LogP contribution in [0, 0.1) is 29.1 Å². The van der Waals surface area contributed by atoms with Crippen molar-refractivity contribution in [2.24, 2.45) is 17.8 Å². The molecule has 1 saturated carbocycles. The summed E-state index contributed by atoms with van der Waals surface area (Å²) in [5.41, 5.74) is 0. The fourth-order valence-electron chi connectivity index (χ4n) is 2.12. The molecule has 1 heteroatoms. The number of hydrogen-bond donors (Lipinski definition) is 0. The first-order valence-electron chi connectivity index (χ1n) is 5.65. The number of hydrogen-bond acceptors (Lipinski definition) is 1. The number of nitrogens with zero attached hydrogens (tertiary/aromatic N) is 1. The maximum atomic E-state index is 8.86. The van der Waals surface area contributed by atoms with Crippen LogP contribution in [-0.4, -0.2) is 0 Å². The van der Waals surface area contributed by atoms with Crippen LogP contribution in [-0.2, 0) is 0 Å². The van der Waals surface area contributed by atoms with Gasteiger partial charge < -0.3 is 0 Å². The van der Waals surface area contributed by atoms with Gasteiger partial charge in [-0.15, -0.1) is 0 Å². The van der Waals surface area contributed by atoms with Gasteiger partial charge in [-0.3, -0.25) is 0 Å². The van der Waals surface area contributed by atoms with Crippen molar-refractivity contribution in [2.75, 3.05) is 0 Å². The molecule has 0 aromatic rings. The second-order valence-electron chi connectivity index (χ2n) is 3.93. The van der Waals surface area contributed by atoms with E-state index in [0.29, 0.717) is 17.8 Å². The standard InChI is InChI=1S/C10H17N.C2H6/c1-8(2)10-6-4-3-5-9(10)7-11;1-2/h8-10H,3-6H2,1-2H3;1-2H3. The fourth-order valence-corrected chi connectivity index (χ4v) is 2.12. The molecule has 1 fully saturated rings. The van der Waals surface area contributed by atoms with Crippen LogP contribution >= 0.6 is 0 Å². The smallest absolute Gasteiger partial charge is 0.0658 e. The van der Waals surface area contributed by atoms with Gasteiger partial charge in [0.15, 0.2) is 0 Å². The molecule has 0 amide bonds. The van der Waals surface area contributed by atoms with Gasteiger partial charge in [-0.1, -0.05) is 40.5 Å². The topological polar surface area (TPSA) is 23.8 Å². The molecule has 76 valence electrons. The van der Waals surface area contributed by atoms with Crippen molar-refractivity contribution in [3.8, 4) is 6.07 Å². The van der Waals surface area contributed by atoms with Gasteiger partial charge in [0, 0.05) is 5.92 Å². The van der Waals surface area contributed by atoms with E-state index in [9.17, 15) is 0 Å². The Balaban J connectivity index is 0.000000671. The highest BCUT2D eigenvalue weighted by Crippen LogP contribution is 2.34. The number of nitriles is 1. The van der Waals surface area contributed by atoms with E-state index in [0.717, 1.165) is 6.42 Å². The summed E-state index contributed by atoms with van der Waals surface area (Å²) in [5.74, 6) is 1.72. The third kappa shape index (κ3) is 3.81. The minimum absolute atomic E-state index is 0.351. The summed E-state index contributed by atoms with van der Waals surface area (Å²) < 4.78 is 0. The van der Waals surface area contributed by atoms with E-state index in [4.69, 9.17) is 5.26 Å². The van der Waals surface area contributed by atoms with E-state index in [1.54, 1.807) is 0 Å². The monoisotopic (exact) mass is 181 g/mol. The first-order valence-corrected chi connectivity index (χ1v) is 5.65. The zero-order valence-electron chi connectivity index (χ0n) is 9.51. The molecule has 0 N–H and O–H groups in total. The van der Waals surface area contributed by atoms with E-state index in [-0.39, 0.29) is 0 Å². The van der Waals surface area contributed by atoms with Crippen LogP contribution in [0.2, 0.25) is 0 Å². The molecular formula is C12H23N. The molecule has 2 atom stereocenters. The predicted octanol–water partition coefficient (Wildman–Crippen LogP) is 4.00. The summed E-state index contributed by atoms with van der Waals surface area (Å²) in [4.78, 5) is 0. The van der Waals surface area contributed by atoms with Gasteiger partial charge in [0.1, 0.15) is 0 Å². The van der Waals surface area contributed by atoms with E-state index >= 15 is 0 Å². The summed E-state index contributed by atoms with van der Waals surface area (Å²) in [5, 5.41) is 8.86. The molecule has 0 bridgehead atoms. The molecule has 0 spiro atoms. The van der Waals surface area contributed by atoms with E-state index in [1.807, 2.05) is 13.8 Å². The zero-order valence-corrected chi connectivity index (χ0v) is 9.51. The quantitative estimate of drug-likeness (QED) is 0.600. The van der Waals surface area contributed by atoms with Gasteiger partial charge in [0.2, 0.25) is 0 Å². The Labute approximate surface area is 83.1 Å². The lowest BCUT2D eigenvalue weighted by atomic mass is 9.74. The molecule has 0 radical (unpaired) electrons. The molecule has 1 aliphatic carbocycles. The van der Waals surface area contributed by atoms with E-state index in [2.05, 4.69) is 19.9 Å². The Kier molecular flexibility index (Phi) is 6.68. The lowest BCUT2D eigenvalue weighted by molar-refractivity contribution is 0.223.